The van der Waals surface area contributed by atoms with E-state index in [0.717, 1.165) is 13.8 Å². The van der Waals surface area contributed by atoms with Gasteiger partial charge in [-0.2, -0.15) is 0 Å². The van der Waals surface area contributed by atoms with Crippen LogP contribution in [-0.4, -0.2) is 181 Å². The number of aromatic nitrogens is 1. The molecular weight excluding hydrogens is 1410 g/mol. The molecular formula is C76H89N17O16. The minimum absolute atomic E-state index is 0.0132. The van der Waals surface area contributed by atoms with Crippen molar-refractivity contribution in [3.8, 4) is 11.5 Å². The Balaban J connectivity index is 1.30. The number of H-pyrrole nitrogens is 1. The fourth-order valence-corrected chi connectivity index (χ4v) is 12.3. The number of primary amides is 2. The first-order valence-electron chi connectivity index (χ1n) is 34.9. The Kier molecular flexibility index (Phi) is 28.5. The lowest BCUT2D eigenvalue weighted by molar-refractivity contribution is -0.168. The van der Waals surface area contributed by atoms with Gasteiger partial charge in [0.05, 0.1) is 18.9 Å². The van der Waals surface area contributed by atoms with Crippen LogP contribution in [0.2, 0.25) is 0 Å². The van der Waals surface area contributed by atoms with Gasteiger partial charge in [-0.05, 0) is 96.8 Å². The summed E-state index contributed by atoms with van der Waals surface area (Å²) in [6.45, 7) is 1.92. The molecule has 2 heterocycles. The highest BCUT2D eigenvalue weighted by molar-refractivity contribution is 6.02. The molecule has 7 aromatic rings. The summed E-state index contributed by atoms with van der Waals surface area (Å²) >= 11 is 0. The number of aliphatic carboxylic acids is 1. The number of phenolic OH excluding ortho intramolecular Hbond substituents is 2. The molecule has 1 unspecified atom stereocenters. The van der Waals surface area contributed by atoms with Crippen molar-refractivity contribution in [1.82, 2.24) is 63.1 Å². The monoisotopic (exact) mass is 1500 g/mol. The van der Waals surface area contributed by atoms with Crippen LogP contribution in [-0.2, 0) is 101 Å². The number of nitrogens with one attached hydrogen (secondary N) is 12. The second-order valence-corrected chi connectivity index (χ2v) is 26.5. The number of phenols is 2. The first-order chi connectivity index (χ1) is 51.9. The number of carbonyl (C=O) groups is 13. The number of amides is 12. The summed E-state index contributed by atoms with van der Waals surface area (Å²) in [7, 11) is 0. The number of para-hydroxylation sites is 1. The molecule has 1 saturated heterocycles. The van der Waals surface area contributed by atoms with Gasteiger partial charge in [0.2, 0.25) is 76.5 Å². The molecule has 1 fully saturated rings. The molecule has 6 aromatic carbocycles. The number of carbonyl (C=O) groups excluding carboxylic acids is 12. The van der Waals surface area contributed by atoms with Gasteiger partial charge in [0, 0.05) is 55.7 Å². The van der Waals surface area contributed by atoms with E-state index >= 15 is 33.6 Å². The number of fused-ring (bicyclic) bond motifs is 1. The number of aromatic hydroxyl groups is 2. The third-order valence-electron chi connectivity index (χ3n) is 18.2. The molecule has 0 saturated carbocycles. The van der Waals surface area contributed by atoms with E-state index in [1.165, 1.54) is 48.5 Å². The summed E-state index contributed by atoms with van der Waals surface area (Å²) < 4.78 is 0. The number of guanidine groups is 1. The molecule has 574 valence electrons. The average Bonchev–Trinajstić information content (AvgIpc) is 1.23. The zero-order valence-electron chi connectivity index (χ0n) is 59.6. The van der Waals surface area contributed by atoms with Crippen molar-refractivity contribution >= 4 is 93.7 Å². The Morgan fingerprint density at radius 2 is 0.982 bits per heavy atom. The predicted molar refractivity (Wildman–Crippen MR) is 397 cm³/mol. The van der Waals surface area contributed by atoms with Gasteiger partial charge in [-0.1, -0.05) is 133 Å². The molecule has 33 nitrogen and oxygen atoms in total. The second-order valence-electron chi connectivity index (χ2n) is 26.5. The molecule has 33 heteroatoms. The maximum Gasteiger partial charge on any atom is 0.350 e. The van der Waals surface area contributed by atoms with E-state index in [-0.39, 0.29) is 55.7 Å². The van der Waals surface area contributed by atoms with Gasteiger partial charge in [0.25, 0.3) is 0 Å². The first-order valence-corrected chi connectivity index (χ1v) is 34.9. The predicted octanol–water partition coefficient (Wildman–Crippen LogP) is -1.30. The topological polar surface area (TPSA) is 550 Å². The number of carboxylic acid groups (broad SMARTS) is 1. The van der Waals surface area contributed by atoms with Crippen molar-refractivity contribution in [3.63, 3.8) is 0 Å². The van der Waals surface area contributed by atoms with E-state index in [1.807, 2.05) is 0 Å². The van der Waals surface area contributed by atoms with Gasteiger partial charge in [-0.25, -0.2) is 4.79 Å². The molecule has 0 spiro atoms. The Labute approximate surface area is 625 Å². The van der Waals surface area contributed by atoms with E-state index < -0.39 is 181 Å². The van der Waals surface area contributed by atoms with E-state index in [0.29, 0.717) is 43.6 Å². The fraction of sp³-hybridized carbons (Fsp3) is 0.316. The number of nitrogens with two attached hydrogens (primary N) is 4. The van der Waals surface area contributed by atoms with E-state index in [9.17, 15) is 44.1 Å². The van der Waals surface area contributed by atoms with E-state index in [4.69, 9.17) is 28.3 Å². The number of hydrogen-bond donors (Lipinski definition) is 19. The van der Waals surface area contributed by atoms with Crippen LogP contribution in [0.4, 0.5) is 0 Å². The molecule has 23 N–H and O–H groups in total. The molecule has 0 aliphatic carbocycles. The van der Waals surface area contributed by atoms with Crippen LogP contribution >= 0.6 is 0 Å². The number of rotatable bonds is 23. The van der Waals surface area contributed by atoms with Crippen LogP contribution in [0.15, 0.2) is 170 Å². The highest BCUT2D eigenvalue weighted by Gasteiger charge is 2.51. The molecule has 1 aromatic heterocycles. The summed E-state index contributed by atoms with van der Waals surface area (Å²) in [6, 6.07) is 23.5. The largest absolute Gasteiger partial charge is 0.508 e. The minimum atomic E-state index is -3.19. The SMILES string of the molecule is C[C@@H]1NC(=O)[C@H](CC(N)=O)NC(=O)[C@H](Cc2c[nH]c3ccccc23)NC(=O)[C@H](CCCNC(=N)N)NC(=O)[C@@H](Cc2ccccc2)NC(=O)[C@H](Cc2ccccc2)NC(=O)[C@@H](NC(=O)[C@@H](N)Cc2ccc(O)cc2)CC(=O)N([C@@H](Cc2ccc(O)cc2)C(N)=O)C(C)(C(=O)O)NC(=O)[C@H](Cc2ccccc2)NC1=O. The molecule has 0 radical (unpaired) electrons. The summed E-state index contributed by atoms with van der Waals surface area (Å²) in [4.78, 5) is 196. The van der Waals surface area contributed by atoms with Gasteiger partial charge in [-0.3, -0.25) is 67.8 Å². The first kappa shape index (κ1) is 81.5. The quantitative estimate of drug-likeness (QED) is 0.0201. The molecule has 8 rings (SSSR count). The summed E-state index contributed by atoms with van der Waals surface area (Å²) in [5, 5.41) is 65.8. The van der Waals surface area contributed by atoms with Crippen molar-refractivity contribution < 1.29 is 77.6 Å². The minimum Gasteiger partial charge on any atom is -0.508 e. The summed E-state index contributed by atoms with van der Waals surface area (Å²) in [5.41, 5.74) is 23.6. The van der Waals surface area contributed by atoms with Crippen LogP contribution in [0.25, 0.3) is 10.9 Å². The van der Waals surface area contributed by atoms with Crippen molar-refractivity contribution in [2.24, 2.45) is 22.9 Å². The van der Waals surface area contributed by atoms with E-state index in [2.05, 4.69) is 58.2 Å². The lowest BCUT2D eigenvalue weighted by Gasteiger charge is -2.43. The van der Waals surface area contributed by atoms with Gasteiger partial charge in [0.1, 0.15) is 65.9 Å². The smallest absolute Gasteiger partial charge is 0.350 e. The zero-order valence-corrected chi connectivity index (χ0v) is 59.6. The summed E-state index contributed by atoms with van der Waals surface area (Å²) in [6.07, 6.45) is -3.31. The molecule has 11 atom stereocenters. The molecule has 12 amide bonds. The second kappa shape index (κ2) is 38.2. The van der Waals surface area contributed by atoms with Crippen molar-refractivity contribution in [3.05, 3.63) is 203 Å². The Hall–Kier alpha value is -13.2. The van der Waals surface area contributed by atoms with Crippen LogP contribution in [0.3, 0.4) is 0 Å². The fourth-order valence-electron chi connectivity index (χ4n) is 12.3. The van der Waals surface area contributed by atoms with Gasteiger partial charge in [-0.15, -0.1) is 0 Å². The highest BCUT2D eigenvalue weighted by atomic mass is 16.4. The number of carboxylic acids is 1. The number of benzene rings is 6. The summed E-state index contributed by atoms with van der Waals surface area (Å²) in [5.74, 6) is -17.3. The van der Waals surface area contributed by atoms with Crippen molar-refractivity contribution in [1.29, 1.82) is 5.41 Å². The lowest BCUT2D eigenvalue weighted by atomic mass is 9.96. The highest BCUT2D eigenvalue weighted by Crippen LogP contribution is 2.26. The molecule has 1 aliphatic rings. The van der Waals surface area contributed by atoms with Gasteiger partial charge in [0.15, 0.2) is 5.96 Å². The zero-order chi connectivity index (χ0) is 79.1. The van der Waals surface area contributed by atoms with Gasteiger partial charge < -0.3 is 96.4 Å². The molecule has 0 bridgehead atoms. The standard InChI is InChI=1S/C76H89N17O16/c1-42-65(99)86-57(36-45-19-10-5-11-20-45)73(107)92-76(2,74(108)109)93(61(64(79)98)37-47-26-30-50(95)31-27-47)63(97)40-60(87-66(100)52(77)33-46-24-28-49(94)29-25-46)72(106)89-56(35-44-17-8-4-9-18-44)70(104)88-55(34-43-15-6-3-7-16-43)69(103)85-54(23-14-32-82-75(80)81)67(101)90-58(38-48-41-83-53-22-13-12-21-51(48)53)71(105)91-59(39-62(78)96)68(102)84-42/h3-13,15-22,24-31,41-42,52,54-61,83,94-95H,14,23,32-40,77H2,1-2H3,(H2,78,96)(H2,79,98)(H,84,102)(H,85,103)(H,86,99)(H,87,100)(H,88,104)(H,89,106)(H,90,101)(H,91,105)(H,92,107)(H,108,109)(H4,80,81,82)/t42-,52-,54-,55+,56-,57-,58-,59-,60-,61-,76?/m0/s1. The maximum atomic E-state index is 15.9. The van der Waals surface area contributed by atoms with E-state index in [1.54, 1.807) is 121 Å². The Morgan fingerprint density at radius 3 is 1.49 bits per heavy atom. The van der Waals surface area contributed by atoms with Crippen molar-refractivity contribution in [2.75, 3.05) is 6.54 Å². The third kappa shape index (κ3) is 23.4. The third-order valence-corrected chi connectivity index (χ3v) is 18.2. The van der Waals surface area contributed by atoms with Crippen LogP contribution in [0.5, 0.6) is 11.5 Å². The van der Waals surface area contributed by atoms with Gasteiger partial charge >= 0.3 is 5.97 Å². The van der Waals surface area contributed by atoms with Crippen LogP contribution in [0, 0.1) is 5.41 Å². The van der Waals surface area contributed by atoms with Crippen molar-refractivity contribution in [2.45, 2.75) is 144 Å². The lowest BCUT2D eigenvalue weighted by Crippen LogP contribution is -2.72. The maximum absolute atomic E-state index is 15.9. The Morgan fingerprint density at radius 1 is 0.541 bits per heavy atom. The number of hydrogen-bond acceptors (Lipinski definition) is 17. The number of aromatic amines is 1. The average molecular weight is 1500 g/mol. The molecule has 1 aliphatic heterocycles. The van der Waals surface area contributed by atoms with Crippen LogP contribution < -0.4 is 76.1 Å². The van der Waals surface area contributed by atoms with Crippen LogP contribution in [0.1, 0.15) is 72.9 Å². The molecule has 109 heavy (non-hydrogen) atoms. The normalized spacial score (nSPS) is 21.7. The Bertz CT molecular complexity index is 4440. The number of nitrogens with zero attached hydrogens (tertiary/aromatic N) is 1.